The largest absolute Gasteiger partial charge is 0.502 e. The van der Waals surface area contributed by atoms with E-state index in [1.165, 1.54) is 0 Å². The molecule has 0 radical (unpaired) electrons. The van der Waals surface area contributed by atoms with Crippen LogP contribution in [0.15, 0.2) is 12.3 Å². The van der Waals surface area contributed by atoms with Gasteiger partial charge < -0.3 is 25.2 Å². The van der Waals surface area contributed by atoms with Gasteiger partial charge in [-0.05, 0) is 25.8 Å². The molecule has 6 nitrogen and oxygen atoms in total. The summed E-state index contributed by atoms with van der Waals surface area (Å²) in [6.07, 6.45) is -2.35. The second kappa shape index (κ2) is 10.3. The smallest absolute Gasteiger partial charge is 0.422 e. The Morgan fingerprint density at radius 3 is 2.50 bits per heavy atom. The van der Waals surface area contributed by atoms with Gasteiger partial charge in [-0.15, -0.1) is 0 Å². The second-order valence-corrected chi connectivity index (χ2v) is 4.49. The predicted octanol–water partition coefficient (Wildman–Crippen LogP) is 1.56. The van der Waals surface area contributed by atoms with Crippen molar-refractivity contribution in [2.75, 3.05) is 33.4 Å². The zero-order valence-electron chi connectivity index (χ0n) is 12.7. The molecule has 22 heavy (non-hydrogen) atoms. The highest BCUT2D eigenvalue weighted by Crippen LogP contribution is 2.31. The van der Waals surface area contributed by atoms with Crippen molar-refractivity contribution < 1.29 is 32.5 Å². The number of hydrogen-bond donors (Lipinski definition) is 3. The molecule has 9 heteroatoms. The molecule has 0 heterocycles. The number of hydrogen-bond acceptors (Lipinski definition) is 4. The first-order valence-corrected chi connectivity index (χ1v) is 6.86. The molecule has 1 unspecified atom stereocenters. The molecule has 0 rings (SSSR count). The van der Waals surface area contributed by atoms with Crippen LogP contribution in [0.5, 0.6) is 0 Å². The average molecular weight is 328 g/mol. The fraction of sp³-hybridized carbons (Fsp3) is 0.769. The number of amides is 2. The SMILES string of the molecule is CCO/C=C/C(O)(CNC(=O)NCCCCOC)C(F)(F)F. The molecule has 0 aliphatic rings. The predicted molar refractivity (Wildman–Crippen MR) is 74.3 cm³/mol. The van der Waals surface area contributed by atoms with Crippen LogP contribution in [0.2, 0.25) is 0 Å². The number of halogens is 3. The molecule has 2 amide bonds. The zero-order chi connectivity index (χ0) is 17.1. The Balaban J connectivity index is 4.31. The number of rotatable bonds is 10. The van der Waals surface area contributed by atoms with Gasteiger partial charge in [-0.1, -0.05) is 0 Å². The molecule has 0 aliphatic carbocycles. The summed E-state index contributed by atoms with van der Waals surface area (Å²) in [5, 5.41) is 14.0. The number of nitrogens with one attached hydrogen (secondary N) is 2. The quantitative estimate of drug-likeness (QED) is 0.420. The molecule has 3 N–H and O–H groups in total. The van der Waals surface area contributed by atoms with E-state index in [1.54, 1.807) is 14.0 Å². The monoisotopic (exact) mass is 328 g/mol. The Hall–Kier alpha value is -1.48. The van der Waals surface area contributed by atoms with Crippen molar-refractivity contribution in [1.82, 2.24) is 10.6 Å². The number of carbonyl (C=O) groups is 1. The minimum Gasteiger partial charge on any atom is -0.502 e. The first-order valence-electron chi connectivity index (χ1n) is 6.86. The number of aliphatic hydroxyl groups is 1. The van der Waals surface area contributed by atoms with Crippen molar-refractivity contribution in [1.29, 1.82) is 0 Å². The Morgan fingerprint density at radius 1 is 1.27 bits per heavy atom. The number of alkyl halides is 3. The van der Waals surface area contributed by atoms with Crippen molar-refractivity contribution in [3.05, 3.63) is 12.3 Å². The Morgan fingerprint density at radius 2 is 1.95 bits per heavy atom. The van der Waals surface area contributed by atoms with Crippen molar-refractivity contribution in [3.8, 4) is 0 Å². The summed E-state index contributed by atoms with van der Waals surface area (Å²) < 4.78 is 48.0. The lowest BCUT2D eigenvalue weighted by molar-refractivity contribution is -0.237. The van der Waals surface area contributed by atoms with Gasteiger partial charge in [0.2, 0.25) is 0 Å². The Bertz CT molecular complexity index is 351. The molecule has 0 bridgehead atoms. The topological polar surface area (TPSA) is 79.8 Å². The van der Waals surface area contributed by atoms with Crippen LogP contribution in [-0.2, 0) is 9.47 Å². The molecular formula is C13H23F3N2O4. The van der Waals surface area contributed by atoms with Gasteiger partial charge in [-0.3, -0.25) is 0 Å². The van der Waals surface area contributed by atoms with Crippen molar-refractivity contribution in [2.45, 2.75) is 31.5 Å². The summed E-state index contributed by atoms with van der Waals surface area (Å²) in [5.74, 6) is 0. The third kappa shape index (κ3) is 8.08. The molecule has 1 atom stereocenters. The summed E-state index contributed by atoms with van der Waals surface area (Å²) in [7, 11) is 1.55. The van der Waals surface area contributed by atoms with Gasteiger partial charge in [0.25, 0.3) is 0 Å². The molecule has 0 saturated heterocycles. The normalized spacial score (nSPS) is 14.6. The molecule has 0 aromatic rings. The molecule has 130 valence electrons. The maximum absolute atomic E-state index is 12.8. The molecule has 0 aliphatic heterocycles. The summed E-state index contributed by atoms with van der Waals surface area (Å²) in [6.45, 7) is 1.59. The van der Waals surface area contributed by atoms with E-state index in [9.17, 15) is 23.1 Å². The highest BCUT2D eigenvalue weighted by Gasteiger charge is 2.52. The minimum absolute atomic E-state index is 0.166. The van der Waals surface area contributed by atoms with E-state index >= 15 is 0 Å². The molecule has 0 fully saturated rings. The number of carbonyl (C=O) groups excluding carboxylic acids is 1. The number of methoxy groups -OCH3 is 1. The lowest BCUT2D eigenvalue weighted by Crippen LogP contribution is -2.53. The summed E-state index contributed by atoms with van der Waals surface area (Å²) in [4.78, 5) is 11.4. The maximum Gasteiger partial charge on any atom is 0.422 e. The van der Waals surface area contributed by atoms with E-state index in [2.05, 4.69) is 10.1 Å². The standard InChI is InChI=1S/C13H23F3N2O4/c1-3-22-9-6-12(20,13(14,15)16)10-18-11(19)17-7-4-5-8-21-2/h6,9,20H,3-5,7-8,10H2,1-2H3,(H2,17,18,19)/b9-6+. The first-order chi connectivity index (χ1) is 10.3. The molecule has 0 aromatic carbocycles. The second-order valence-electron chi connectivity index (χ2n) is 4.49. The zero-order valence-corrected chi connectivity index (χ0v) is 12.7. The van der Waals surface area contributed by atoms with Crippen molar-refractivity contribution in [3.63, 3.8) is 0 Å². The Labute approximate surface area is 127 Å². The highest BCUT2D eigenvalue weighted by atomic mass is 19.4. The van der Waals surface area contributed by atoms with E-state index in [0.717, 1.165) is 12.7 Å². The van der Waals surface area contributed by atoms with E-state index in [0.29, 0.717) is 25.6 Å². The fourth-order valence-electron chi connectivity index (χ4n) is 1.36. The summed E-state index contributed by atoms with van der Waals surface area (Å²) in [6, 6.07) is -0.787. The van der Waals surface area contributed by atoms with Crippen LogP contribution in [0.1, 0.15) is 19.8 Å². The van der Waals surface area contributed by atoms with Gasteiger partial charge in [0.1, 0.15) is 0 Å². The van der Waals surface area contributed by atoms with Crippen LogP contribution in [0, 0.1) is 0 Å². The molecule has 0 aromatic heterocycles. The number of unbranched alkanes of at least 4 members (excludes halogenated alkanes) is 1. The third-order valence-electron chi connectivity index (χ3n) is 2.68. The lowest BCUT2D eigenvalue weighted by atomic mass is 10.0. The van der Waals surface area contributed by atoms with Crippen LogP contribution in [0.4, 0.5) is 18.0 Å². The third-order valence-corrected chi connectivity index (χ3v) is 2.68. The van der Waals surface area contributed by atoms with Gasteiger partial charge in [0.15, 0.2) is 5.60 Å². The highest BCUT2D eigenvalue weighted by molar-refractivity contribution is 5.73. The van der Waals surface area contributed by atoms with Gasteiger partial charge in [0, 0.05) is 20.3 Å². The Kier molecular flexibility index (Phi) is 9.59. The van der Waals surface area contributed by atoms with E-state index < -0.39 is 24.4 Å². The number of ether oxygens (including phenoxy) is 2. The van der Waals surface area contributed by atoms with Gasteiger partial charge in [-0.25, -0.2) is 4.79 Å². The van der Waals surface area contributed by atoms with Crippen molar-refractivity contribution >= 4 is 6.03 Å². The van der Waals surface area contributed by atoms with Gasteiger partial charge in [0.05, 0.1) is 19.4 Å². The van der Waals surface area contributed by atoms with Crippen LogP contribution < -0.4 is 10.6 Å². The van der Waals surface area contributed by atoms with E-state index in [4.69, 9.17) is 4.74 Å². The van der Waals surface area contributed by atoms with E-state index in [-0.39, 0.29) is 6.61 Å². The fourth-order valence-corrected chi connectivity index (χ4v) is 1.36. The molecule has 0 saturated carbocycles. The number of urea groups is 1. The first kappa shape index (κ1) is 20.5. The van der Waals surface area contributed by atoms with E-state index in [1.807, 2.05) is 5.32 Å². The van der Waals surface area contributed by atoms with Gasteiger partial charge >= 0.3 is 12.2 Å². The molecule has 0 spiro atoms. The molecular weight excluding hydrogens is 305 g/mol. The minimum atomic E-state index is -4.94. The van der Waals surface area contributed by atoms with Crippen molar-refractivity contribution in [2.24, 2.45) is 0 Å². The van der Waals surface area contributed by atoms with Gasteiger partial charge in [-0.2, -0.15) is 13.2 Å². The van der Waals surface area contributed by atoms with Crippen LogP contribution in [-0.4, -0.2) is 56.3 Å². The summed E-state index contributed by atoms with van der Waals surface area (Å²) in [5.41, 5.74) is -3.18. The van der Waals surface area contributed by atoms with Crippen LogP contribution >= 0.6 is 0 Å². The van der Waals surface area contributed by atoms with Crippen LogP contribution in [0.25, 0.3) is 0 Å². The average Bonchev–Trinajstić information content (AvgIpc) is 2.44. The maximum atomic E-state index is 12.8. The van der Waals surface area contributed by atoms with Crippen LogP contribution in [0.3, 0.4) is 0 Å². The summed E-state index contributed by atoms with van der Waals surface area (Å²) >= 11 is 0. The lowest BCUT2D eigenvalue weighted by Gasteiger charge is -2.27.